The standard InChI is InChI=1S/C25H25N5O3/c1-18-3-6-23(24(29-18)25-27-8-2-9-28-25)33-22-7-10-26-21-5-4-19(17-20(21)22)32-16-13-30-11-14-31-15-12-30/h2-10,17H,11-16H2,1H3. The third kappa shape index (κ3) is 5.08. The van der Waals surface area contributed by atoms with Crippen LogP contribution in [0.25, 0.3) is 22.4 Å². The summed E-state index contributed by atoms with van der Waals surface area (Å²) < 4.78 is 17.8. The van der Waals surface area contributed by atoms with E-state index in [2.05, 4.69) is 24.8 Å². The van der Waals surface area contributed by atoms with Gasteiger partial charge in [0.15, 0.2) is 17.3 Å². The number of aromatic nitrogens is 4. The second-order valence-corrected chi connectivity index (χ2v) is 7.76. The normalized spacial score (nSPS) is 14.3. The van der Waals surface area contributed by atoms with Gasteiger partial charge in [-0.25, -0.2) is 15.0 Å². The van der Waals surface area contributed by atoms with E-state index in [0.29, 0.717) is 29.6 Å². The molecule has 8 heteroatoms. The van der Waals surface area contributed by atoms with E-state index in [1.807, 2.05) is 43.3 Å². The summed E-state index contributed by atoms with van der Waals surface area (Å²) in [5.74, 6) is 2.54. The van der Waals surface area contributed by atoms with Crippen LogP contribution in [-0.4, -0.2) is 64.3 Å². The summed E-state index contributed by atoms with van der Waals surface area (Å²) in [5.41, 5.74) is 2.28. The number of aryl methyl sites for hydroxylation is 1. The van der Waals surface area contributed by atoms with Crippen LogP contribution in [-0.2, 0) is 4.74 Å². The Labute approximate surface area is 192 Å². The zero-order chi connectivity index (χ0) is 22.5. The number of nitrogens with zero attached hydrogens (tertiary/aromatic N) is 5. The van der Waals surface area contributed by atoms with Gasteiger partial charge in [0.1, 0.15) is 18.1 Å². The fraction of sp³-hybridized carbons (Fsp3) is 0.280. The van der Waals surface area contributed by atoms with Crippen LogP contribution in [0.5, 0.6) is 17.2 Å². The molecule has 0 amide bonds. The fourth-order valence-electron chi connectivity index (χ4n) is 3.72. The minimum atomic E-state index is 0.515. The molecule has 0 unspecified atom stereocenters. The average molecular weight is 444 g/mol. The molecule has 168 valence electrons. The predicted octanol–water partition coefficient (Wildman–Crippen LogP) is 3.90. The second-order valence-electron chi connectivity index (χ2n) is 7.76. The third-order valence-electron chi connectivity index (χ3n) is 5.45. The van der Waals surface area contributed by atoms with Gasteiger partial charge in [0.25, 0.3) is 0 Å². The Morgan fingerprint density at radius 2 is 1.79 bits per heavy atom. The van der Waals surface area contributed by atoms with Crippen LogP contribution in [0.15, 0.2) is 61.1 Å². The molecular weight excluding hydrogens is 418 g/mol. The van der Waals surface area contributed by atoms with Gasteiger partial charge in [-0.05, 0) is 49.4 Å². The SMILES string of the molecule is Cc1ccc(Oc2ccnc3ccc(OCCN4CCOCC4)cc23)c(-c2ncccn2)n1. The van der Waals surface area contributed by atoms with Crippen molar-refractivity contribution < 1.29 is 14.2 Å². The molecule has 0 aliphatic carbocycles. The van der Waals surface area contributed by atoms with Gasteiger partial charge >= 0.3 is 0 Å². The molecule has 0 radical (unpaired) electrons. The number of ether oxygens (including phenoxy) is 3. The van der Waals surface area contributed by atoms with E-state index in [-0.39, 0.29) is 0 Å². The number of pyridine rings is 2. The summed E-state index contributed by atoms with van der Waals surface area (Å²) in [7, 11) is 0. The molecule has 1 aromatic carbocycles. The van der Waals surface area contributed by atoms with E-state index < -0.39 is 0 Å². The molecule has 1 aliphatic heterocycles. The van der Waals surface area contributed by atoms with Crippen LogP contribution in [0.4, 0.5) is 0 Å². The smallest absolute Gasteiger partial charge is 0.181 e. The largest absolute Gasteiger partial charge is 0.492 e. The Bertz CT molecular complexity index is 1230. The van der Waals surface area contributed by atoms with Crippen molar-refractivity contribution in [3.8, 4) is 28.8 Å². The highest BCUT2D eigenvalue weighted by molar-refractivity contribution is 5.86. The van der Waals surface area contributed by atoms with E-state index in [1.54, 1.807) is 24.7 Å². The topological polar surface area (TPSA) is 82.5 Å². The highest BCUT2D eigenvalue weighted by Gasteiger charge is 2.15. The quantitative estimate of drug-likeness (QED) is 0.425. The maximum atomic E-state index is 6.33. The summed E-state index contributed by atoms with van der Waals surface area (Å²) in [6, 6.07) is 13.3. The molecule has 33 heavy (non-hydrogen) atoms. The molecule has 1 saturated heterocycles. The van der Waals surface area contributed by atoms with E-state index in [9.17, 15) is 0 Å². The molecule has 0 bridgehead atoms. The zero-order valence-corrected chi connectivity index (χ0v) is 18.5. The van der Waals surface area contributed by atoms with Crippen LogP contribution in [0, 0.1) is 6.92 Å². The lowest BCUT2D eigenvalue weighted by Crippen LogP contribution is -2.38. The lowest BCUT2D eigenvalue weighted by atomic mass is 10.2. The number of hydrogen-bond acceptors (Lipinski definition) is 8. The van der Waals surface area contributed by atoms with Crippen molar-refractivity contribution in [3.05, 3.63) is 66.7 Å². The monoisotopic (exact) mass is 443 g/mol. The van der Waals surface area contributed by atoms with Gasteiger partial charge in [-0.15, -0.1) is 0 Å². The Hall–Kier alpha value is -3.62. The zero-order valence-electron chi connectivity index (χ0n) is 18.5. The minimum Gasteiger partial charge on any atom is -0.492 e. The third-order valence-corrected chi connectivity index (χ3v) is 5.45. The number of fused-ring (bicyclic) bond motifs is 1. The van der Waals surface area contributed by atoms with Gasteiger partial charge in [-0.2, -0.15) is 0 Å². The first-order valence-electron chi connectivity index (χ1n) is 11.0. The van der Waals surface area contributed by atoms with Crippen molar-refractivity contribution in [2.75, 3.05) is 39.5 Å². The lowest BCUT2D eigenvalue weighted by Gasteiger charge is -2.26. The second kappa shape index (κ2) is 9.89. The number of rotatable bonds is 7. The lowest BCUT2D eigenvalue weighted by molar-refractivity contribution is 0.0322. The average Bonchev–Trinajstić information content (AvgIpc) is 2.86. The number of benzene rings is 1. The van der Waals surface area contributed by atoms with E-state index in [4.69, 9.17) is 14.2 Å². The van der Waals surface area contributed by atoms with Gasteiger partial charge in [0.05, 0.1) is 18.7 Å². The molecule has 1 aliphatic rings. The maximum Gasteiger partial charge on any atom is 0.181 e. The Morgan fingerprint density at radius 1 is 0.939 bits per heavy atom. The van der Waals surface area contributed by atoms with Crippen LogP contribution >= 0.6 is 0 Å². The Kier molecular flexibility index (Phi) is 6.37. The van der Waals surface area contributed by atoms with Crippen molar-refractivity contribution in [2.24, 2.45) is 0 Å². The molecule has 0 saturated carbocycles. The van der Waals surface area contributed by atoms with E-state index >= 15 is 0 Å². The van der Waals surface area contributed by atoms with Crippen LogP contribution in [0.2, 0.25) is 0 Å². The summed E-state index contributed by atoms with van der Waals surface area (Å²) in [6.45, 7) is 6.87. The molecule has 3 aromatic heterocycles. The Morgan fingerprint density at radius 3 is 2.64 bits per heavy atom. The number of morpholine rings is 1. The van der Waals surface area contributed by atoms with Gasteiger partial charge < -0.3 is 14.2 Å². The van der Waals surface area contributed by atoms with Crippen molar-refractivity contribution in [3.63, 3.8) is 0 Å². The maximum absolute atomic E-state index is 6.33. The van der Waals surface area contributed by atoms with Crippen LogP contribution in [0.3, 0.4) is 0 Å². The predicted molar refractivity (Wildman–Crippen MR) is 125 cm³/mol. The van der Waals surface area contributed by atoms with Crippen LogP contribution < -0.4 is 9.47 Å². The molecule has 0 spiro atoms. The van der Waals surface area contributed by atoms with Gasteiger partial charge in [-0.1, -0.05) is 0 Å². The van der Waals surface area contributed by atoms with Gasteiger partial charge in [0.2, 0.25) is 0 Å². The minimum absolute atomic E-state index is 0.515. The summed E-state index contributed by atoms with van der Waals surface area (Å²) >= 11 is 0. The van der Waals surface area contributed by atoms with Crippen molar-refractivity contribution in [2.45, 2.75) is 6.92 Å². The highest BCUT2D eigenvalue weighted by atomic mass is 16.5. The first kappa shape index (κ1) is 21.2. The van der Waals surface area contributed by atoms with Crippen molar-refractivity contribution in [1.82, 2.24) is 24.8 Å². The first-order chi connectivity index (χ1) is 16.3. The molecular formula is C25H25N5O3. The molecule has 5 rings (SSSR count). The molecule has 1 fully saturated rings. The summed E-state index contributed by atoms with van der Waals surface area (Å²) in [6.07, 6.45) is 5.12. The number of hydrogen-bond donors (Lipinski definition) is 0. The van der Waals surface area contributed by atoms with E-state index in [1.165, 1.54) is 0 Å². The fourth-order valence-corrected chi connectivity index (χ4v) is 3.72. The Balaban J connectivity index is 1.39. The van der Waals surface area contributed by atoms with Gasteiger partial charge in [0, 0.05) is 49.3 Å². The summed E-state index contributed by atoms with van der Waals surface area (Å²) in [4.78, 5) is 20.1. The van der Waals surface area contributed by atoms with E-state index in [0.717, 1.165) is 55.2 Å². The first-order valence-corrected chi connectivity index (χ1v) is 11.0. The molecule has 0 atom stereocenters. The summed E-state index contributed by atoms with van der Waals surface area (Å²) in [5, 5.41) is 0.863. The molecule has 0 N–H and O–H groups in total. The highest BCUT2D eigenvalue weighted by Crippen LogP contribution is 2.35. The van der Waals surface area contributed by atoms with Crippen molar-refractivity contribution in [1.29, 1.82) is 0 Å². The van der Waals surface area contributed by atoms with Crippen LogP contribution in [0.1, 0.15) is 5.69 Å². The molecule has 4 heterocycles. The van der Waals surface area contributed by atoms with Crippen molar-refractivity contribution >= 4 is 10.9 Å². The molecule has 8 nitrogen and oxygen atoms in total. The molecule has 4 aromatic rings. The van der Waals surface area contributed by atoms with Gasteiger partial charge in [-0.3, -0.25) is 9.88 Å².